The molecule has 2 rings (SSSR count). The van der Waals surface area contributed by atoms with E-state index in [1.165, 1.54) is 20.4 Å². The van der Waals surface area contributed by atoms with Gasteiger partial charge in [0.2, 0.25) is 0 Å². The van der Waals surface area contributed by atoms with Crippen LogP contribution in [0.2, 0.25) is 0 Å². The van der Waals surface area contributed by atoms with Gasteiger partial charge in [0.25, 0.3) is 0 Å². The minimum atomic E-state index is 0.281. The summed E-state index contributed by atoms with van der Waals surface area (Å²) in [5.74, 6) is 0. The third-order valence-electron chi connectivity index (χ3n) is 2.01. The van der Waals surface area contributed by atoms with Gasteiger partial charge in [0.05, 0.1) is 0 Å². The number of hydrogen-bond acceptors (Lipinski definition) is 0. The number of alkyl halides is 1. The number of fused-ring (bicyclic) bond motifs is 1. The van der Waals surface area contributed by atoms with Gasteiger partial charge in [-0.1, -0.05) is 30.3 Å². The summed E-state index contributed by atoms with van der Waals surface area (Å²) in [7, 11) is 0. The molecule has 1 aliphatic rings. The fourth-order valence-electron chi connectivity index (χ4n) is 1.38. The zero-order chi connectivity index (χ0) is 8.39. The molecule has 0 saturated heterocycles. The molecule has 0 spiro atoms. The third kappa shape index (κ3) is 1.51. The van der Waals surface area contributed by atoms with Gasteiger partial charge < -0.3 is 0 Å². The molecule has 1 heterocycles. The van der Waals surface area contributed by atoms with E-state index in [9.17, 15) is 0 Å². The Morgan fingerprint density at radius 1 is 1.25 bits per heavy atom. The van der Waals surface area contributed by atoms with E-state index in [-0.39, 0.29) is 20.7 Å². The molecule has 0 saturated carbocycles. The highest BCUT2D eigenvalue weighted by Gasteiger charge is 1.91. The van der Waals surface area contributed by atoms with E-state index in [0.29, 0.717) is 0 Å². The Morgan fingerprint density at radius 3 is 3.00 bits per heavy atom. The van der Waals surface area contributed by atoms with Crippen LogP contribution in [0.25, 0.3) is 11.6 Å². The van der Waals surface area contributed by atoms with Gasteiger partial charge in [-0.05, 0) is 26.9 Å². The Labute approximate surface area is 82.4 Å². The predicted molar refractivity (Wildman–Crippen MR) is 64.2 cm³/mol. The Kier molecular flexibility index (Phi) is 2.40. The van der Waals surface area contributed by atoms with Crippen molar-refractivity contribution in [1.82, 2.24) is 0 Å². The first-order chi connectivity index (χ1) is 5.88. The number of halogens is 1. The van der Waals surface area contributed by atoms with Crippen LogP contribution >= 0.6 is 20.7 Å². The summed E-state index contributed by atoms with van der Waals surface area (Å²) in [5.41, 5.74) is 1.46. The molecule has 1 aromatic carbocycles. The van der Waals surface area contributed by atoms with E-state index in [1.807, 2.05) is 0 Å². The van der Waals surface area contributed by atoms with Crippen LogP contribution in [0.3, 0.4) is 0 Å². The van der Waals surface area contributed by atoms with Crippen molar-refractivity contribution in [2.75, 3.05) is 4.43 Å². The summed E-state index contributed by atoms with van der Waals surface area (Å²) in [6, 6.07) is 8.66. The van der Waals surface area contributed by atoms with Gasteiger partial charge in [0, 0.05) is 4.43 Å². The average molecular weight is 270 g/mol. The van der Waals surface area contributed by atoms with E-state index in [4.69, 9.17) is 0 Å². The maximum absolute atomic E-state index is 2.43. The molecule has 0 unspecified atom stereocenters. The van der Waals surface area contributed by atoms with Crippen molar-refractivity contribution in [1.29, 1.82) is 0 Å². The normalized spacial score (nSPS) is 15.6. The summed E-state index contributed by atoms with van der Waals surface area (Å²) < 4.78 is 3.72. The molecule has 0 atom stereocenters. The molecule has 0 nitrogen and oxygen atoms in total. The van der Waals surface area contributed by atoms with Gasteiger partial charge in [0.1, 0.15) is 0 Å². The van der Waals surface area contributed by atoms with Crippen LogP contribution in [0.1, 0.15) is 6.92 Å². The first-order valence-corrected chi connectivity index (χ1v) is 6.82. The largest absolute Gasteiger partial charge is 0.118 e. The van der Waals surface area contributed by atoms with E-state index in [2.05, 4.69) is 41.3 Å². The van der Waals surface area contributed by atoms with Gasteiger partial charge in [0.15, 0.2) is 0 Å². The second-order valence-corrected chi connectivity index (χ2v) is 5.28. The molecular weight excluding hydrogens is 259 g/mol. The quantitative estimate of drug-likeness (QED) is 0.494. The monoisotopic (exact) mass is 270 g/mol. The van der Waals surface area contributed by atoms with Gasteiger partial charge in [-0.3, -0.25) is 0 Å². The first kappa shape index (κ1) is 8.17. The van der Waals surface area contributed by atoms with E-state index >= 15 is 0 Å². The van der Waals surface area contributed by atoms with Crippen LogP contribution < -0.4 is 10.4 Å². The molecule has 0 bridgehead atoms. The molecule has 0 N–H and O–H groups in total. The number of benzene rings is 1. The van der Waals surface area contributed by atoms with Crippen molar-refractivity contribution in [2.45, 2.75) is 6.92 Å². The molecular formula is C11H11I. The minimum absolute atomic E-state index is 0.281. The molecule has 62 valence electrons. The van der Waals surface area contributed by atoms with Crippen molar-refractivity contribution in [2.24, 2.45) is 0 Å². The minimum Gasteiger partial charge on any atom is -0.118 e. The second kappa shape index (κ2) is 3.52. The number of rotatable bonds is 0. The van der Waals surface area contributed by atoms with Gasteiger partial charge >= 0.3 is 0 Å². The summed E-state index contributed by atoms with van der Waals surface area (Å²) in [4.78, 5) is 0. The van der Waals surface area contributed by atoms with Crippen molar-refractivity contribution in [3.05, 3.63) is 34.7 Å². The summed E-state index contributed by atoms with van der Waals surface area (Å²) in [5, 5.41) is 2.85. The van der Waals surface area contributed by atoms with Crippen molar-refractivity contribution >= 4 is 36.4 Å². The lowest BCUT2D eigenvalue weighted by Gasteiger charge is -1.91. The Bertz CT molecular complexity index is 427. The Morgan fingerprint density at radius 2 is 2.08 bits per heavy atom. The fourth-order valence-corrected chi connectivity index (χ4v) is 3.36. The van der Waals surface area contributed by atoms with Crippen LogP contribution in [0.4, 0.5) is 0 Å². The second-order valence-electron chi connectivity index (χ2n) is 2.89. The van der Waals surface area contributed by atoms with Crippen LogP contribution in [0.5, 0.6) is 0 Å². The predicted octanol–water partition coefficient (Wildman–Crippen LogP) is 1.42. The Balaban J connectivity index is 2.89. The molecule has 1 heteroatoms. The smallest absolute Gasteiger partial charge is 0.0137 e. The van der Waals surface area contributed by atoms with Crippen molar-refractivity contribution in [3.8, 4) is 0 Å². The molecule has 0 radical (unpaired) electrons. The SMILES string of the molecule is CC1=c2ccccc2=CCI=C1. The zero-order valence-electron chi connectivity index (χ0n) is 7.05. The summed E-state index contributed by atoms with van der Waals surface area (Å²) in [6.07, 6.45) is 2.37. The van der Waals surface area contributed by atoms with E-state index < -0.39 is 0 Å². The highest BCUT2D eigenvalue weighted by Crippen LogP contribution is 2.01. The van der Waals surface area contributed by atoms with Crippen molar-refractivity contribution in [3.63, 3.8) is 0 Å². The molecule has 1 aliphatic heterocycles. The third-order valence-corrected chi connectivity index (χ3v) is 4.34. The molecule has 1 aromatic rings. The fraction of sp³-hybridized carbons (Fsp3) is 0.182. The van der Waals surface area contributed by atoms with Crippen molar-refractivity contribution < 1.29 is 0 Å². The van der Waals surface area contributed by atoms with Crippen LogP contribution in [0.15, 0.2) is 24.3 Å². The standard InChI is InChI=1S/C11H11I/c1-9-8-12-7-6-10-4-2-3-5-11(9)10/h2-6,8H,7H2,1H3. The number of hydrogen-bond donors (Lipinski definition) is 0. The Hall–Kier alpha value is -0.440. The van der Waals surface area contributed by atoms with E-state index in [0.717, 1.165) is 0 Å². The van der Waals surface area contributed by atoms with Crippen LogP contribution in [-0.2, 0) is 0 Å². The first-order valence-electron chi connectivity index (χ1n) is 4.05. The highest BCUT2D eigenvalue weighted by molar-refractivity contribution is 14.2. The van der Waals surface area contributed by atoms with Gasteiger partial charge in [-0.15, -0.1) is 20.7 Å². The van der Waals surface area contributed by atoms with Crippen LogP contribution in [-0.4, -0.2) is 8.44 Å². The topological polar surface area (TPSA) is 0 Å². The average Bonchev–Trinajstić information content (AvgIpc) is 2.29. The lowest BCUT2D eigenvalue weighted by Crippen LogP contribution is -2.25. The highest BCUT2D eigenvalue weighted by atomic mass is 127. The lowest BCUT2D eigenvalue weighted by atomic mass is 10.1. The van der Waals surface area contributed by atoms with E-state index in [1.54, 1.807) is 0 Å². The zero-order valence-corrected chi connectivity index (χ0v) is 9.21. The summed E-state index contributed by atoms with van der Waals surface area (Å²) in [6.45, 7) is 2.22. The van der Waals surface area contributed by atoms with Gasteiger partial charge in [-0.2, -0.15) is 0 Å². The molecule has 12 heavy (non-hydrogen) atoms. The lowest BCUT2D eigenvalue weighted by molar-refractivity contribution is 1.49. The van der Waals surface area contributed by atoms with Gasteiger partial charge in [-0.25, -0.2) is 0 Å². The maximum Gasteiger partial charge on any atom is 0.0137 e. The van der Waals surface area contributed by atoms with Crippen LogP contribution in [0, 0.1) is 0 Å². The molecule has 0 aromatic heterocycles. The molecule has 0 amide bonds. The molecule has 0 aliphatic carbocycles. The summed E-state index contributed by atoms with van der Waals surface area (Å²) >= 11 is 0.281. The maximum atomic E-state index is 2.43. The molecule has 0 fully saturated rings.